The van der Waals surface area contributed by atoms with Crippen LogP contribution in [0.3, 0.4) is 0 Å². The second-order valence-corrected chi connectivity index (χ2v) is 13.9. The number of hydrogen-bond acceptors (Lipinski definition) is 4. The van der Waals surface area contributed by atoms with Gasteiger partial charge in [-0.25, -0.2) is 0 Å². The van der Waals surface area contributed by atoms with Gasteiger partial charge in [0.05, 0.1) is 57.3 Å². The van der Waals surface area contributed by atoms with Gasteiger partial charge in [0.2, 0.25) is 0 Å². The van der Waals surface area contributed by atoms with Crippen LogP contribution in [0.15, 0.2) is 152 Å². The van der Waals surface area contributed by atoms with Crippen molar-refractivity contribution in [2.45, 2.75) is 19.3 Å². The molecule has 53 heavy (non-hydrogen) atoms. The largest absolute Gasteiger partial charge is 0.310 e. The summed E-state index contributed by atoms with van der Waals surface area (Å²) in [6.45, 7) is 4.57. The van der Waals surface area contributed by atoms with Gasteiger partial charge in [-0.1, -0.05) is 111 Å². The first-order valence-electron chi connectivity index (χ1n) is 17.5. The van der Waals surface area contributed by atoms with E-state index in [-0.39, 0.29) is 22.1 Å². The quantitative estimate of drug-likeness (QED) is 0.186. The smallest absolute Gasteiger partial charge is 0.0999 e. The van der Waals surface area contributed by atoms with Gasteiger partial charge in [-0.05, 0) is 82.4 Å². The van der Waals surface area contributed by atoms with Crippen LogP contribution in [0.25, 0.3) is 49.7 Å². The zero-order valence-electron chi connectivity index (χ0n) is 29.2. The van der Waals surface area contributed by atoms with E-state index in [0.717, 1.165) is 50.5 Å². The van der Waals surface area contributed by atoms with Gasteiger partial charge in [0.25, 0.3) is 0 Å². The zero-order chi connectivity index (χ0) is 36.3. The van der Waals surface area contributed by atoms with Crippen LogP contribution in [0.1, 0.15) is 41.7 Å². The van der Waals surface area contributed by atoms with Gasteiger partial charge in [0.1, 0.15) is 0 Å². The lowest BCUT2D eigenvalue weighted by Crippen LogP contribution is -2.30. The fourth-order valence-electron chi connectivity index (χ4n) is 8.28. The number of fused-ring (bicyclic) bond motifs is 5. The molecule has 0 N–H and O–H groups in total. The number of aromatic nitrogens is 1. The molecule has 0 atom stereocenters. The molecule has 5 nitrogen and oxygen atoms in total. The minimum atomic E-state index is -0.222. The molecular weight excluding hydrogens is 647 g/mol. The Morgan fingerprint density at radius 2 is 0.981 bits per heavy atom. The Labute approximate surface area is 308 Å². The maximum Gasteiger partial charge on any atom is 0.0999 e. The van der Waals surface area contributed by atoms with E-state index in [2.05, 4.69) is 157 Å². The van der Waals surface area contributed by atoms with E-state index in [1.165, 1.54) is 21.9 Å². The number of rotatable bonds is 4. The molecule has 2 heterocycles. The zero-order valence-corrected chi connectivity index (χ0v) is 29.2. The summed E-state index contributed by atoms with van der Waals surface area (Å²) in [5, 5.41) is 32.7. The first-order valence-corrected chi connectivity index (χ1v) is 17.5. The molecule has 0 amide bonds. The SMILES string of the molecule is CC1(C)c2ccccc2N(c2cc(-c3ccccc3-c3c(C#N)cc(C#N)cc3C#N)cc(-n3c4ccccc4c4ccccc43)c2)c2ccccc21. The lowest BCUT2D eigenvalue weighted by molar-refractivity contribution is 0.632. The lowest BCUT2D eigenvalue weighted by Gasteiger charge is -2.42. The average Bonchev–Trinajstić information content (AvgIpc) is 3.55. The predicted molar refractivity (Wildman–Crippen MR) is 213 cm³/mol. The van der Waals surface area contributed by atoms with Crippen molar-refractivity contribution in [3.8, 4) is 46.1 Å². The molecule has 7 aromatic carbocycles. The fourth-order valence-corrected chi connectivity index (χ4v) is 8.28. The molecule has 0 unspecified atom stereocenters. The average molecular weight is 678 g/mol. The van der Waals surface area contributed by atoms with Gasteiger partial charge in [0, 0.05) is 33.1 Å². The summed E-state index contributed by atoms with van der Waals surface area (Å²) in [4.78, 5) is 2.36. The number of hydrogen-bond donors (Lipinski definition) is 0. The molecule has 0 radical (unpaired) electrons. The summed E-state index contributed by atoms with van der Waals surface area (Å²) in [6.07, 6.45) is 0. The lowest BCUT2D eigenvalue weighted by atomic mass is 9.73. The molecule has 0 spiro atoms. The number of anilines is 3. The molecule has 0 aliphatic carbocycles. The Kier molecular flexibility index (Phi) is 7.23. The van der Waals surface area contributed by atoms with Crippen LogP contribution in [-0.2, 0) is 5.41 Å². The summed E-state index contributed by atoms with van der Waals surface area (Å²) in [7, 11) is 0. The van der Waals surface area contributed by atoms with Crippen molar-refractivity contribution in [2.75, 3.05) is 4.90 Å². The molecule has 0 saturated carbocycles. The van der Waals surface area contributed by atoms with Gasteiger partial charge < -0.3 is 9.47 Å². The summed E-state index contributed by atoms with van der Waals surface area (Å²) >= 11 is 0. The molecule has 0 saturated heterocycles. The standard InChI is InChI=1S/C48H31N5/c1-48(2)41-17-7-11-21-45(41)53(46-22-12-8-18-42(46)48)36-26-32(25-35(27-36)52-43-19-9-5-14-38(43)39-15-6-10-20-44(39)52)37-13-3-4-16-40(37)47-33(29-50)23-31(28-49)24-34(47)30-51/h3-27H,1-2H3. The Morgan fingerprint density at radius 1 is 0.491 bits per heavy atom. The molecule has 0 fully saturated rings. The summed E-state index contributed by atoms with van der Waals surface area (Å²) < 4.78 is 2.33. The molecule has 8 aromatic rings. The minimum Gasteiger partial charge on any atom is -0.310 e. The normalized spacial score (nSPS) is 12.8. The summed E-state index contributed by atoms with van der Waals surface area (Å²) in [6, 6.07) is 58.6. The topological polar surface area (TPSA) is 79.5 Å². The Bertz CT molecular complexity index is 2790. The number of nitriles is 3. The summed E-state index contributed by atoms with van der Waals surface area (Å²) in [5.74, 6) is 0. The molecule has 0 bridgehead atoms. The molecular formula is C48H31N5. The maximum atomic E-state index is 10.3. The van der Waals surface area contributed by atoms with Crippen LogP contribution in [-0.4, -0.2) is 4.57 Å². The van der Waals surface area contributed by atoms with Crippen LogP contribution >= 0.6 is 0 Å². The first-order chi connectivity index (χ1) is 25.9. The third-order valence-electron chi connectivity index (χ3n) is 10.7. The van der Waals surface area contributed by atoms with E-state index >= 15 is 0 Å². The van der Waals surface area contributed by atoms with Gasteiger partial charge in [0.15, 0.2) is 0 Å². The summed E-state index contributed by atoms with van der Waals surface area (Å²) in [5.41, 5.74) is 12.5. The molecule has 248 valence electrons. The minimum absolute atomic E-state index is 0.222. The van der Waals surface area contributed by atoms with Gasteiger partial charge in [-0.15, -0.1) is 0 Å². The first kappa shape index (κ1) is 31.6. The van der Waals surface area contributed by atoms with E-state index in [9.17, 15) is 15.8 Å². The number of para-hydroxylation sites is 4. The monoisotopic (exact) mass is 677 g/mol. The highest BCUT2D eigenvalue weighted by atomic mass is 15.2. The molecule has 1 aliphatic heterocycles. The van der Waals surface area contributed by atoms with Crippen molar-refractivity contribution in [1.29, 1.82) is 15.8 Å². The van der Waals surface area contributed by atoms with E-state index in [0.29, 0.717) is 5.56 Å². The molecule has 5 heteroatoms. The van der Waals surface area contributed by atoms with Crippen LogP contribution in [0, 0.1) is 34.0 Å². The van der Waals surface area contributed by atoms with Crippen molar-refractivity contribution >= 4 is 38.9 Å². The van der Waals surface area contributed by atoms with Gasteiger partial charge >= 0.3 is 0 Å². The van der Waals surface area contributed by atoms with E-state index in [1.54, 1.807) is 12.1 Å². The van der Waals surface area contributed by atoms with Crippen molar-refractivity contribution in [2.24, 2.45) is 0 Å². The Balaban J connectivity index is 1.39. The highest BCUT2D eigenvalue weighted by Gasteiger charge is 2.36. The Morgan fingerprint density at radius 3 is 1.55 bits per heavy atom. The third kappa shape index (κ3) is 4.82. The van der Waals surface area contributed by atoms with Crippen LogP contribution in [0.2, 0.25) is 0 Å². The van der Waals surface area contributed by atoms with E-state index in [4.69, 9.17) is 0 Å². The van der Waals surface area contributed by atoms with Crippen molar-refractivity contribution in [1.82, 2.24) is 4.57 Å². The van der Waals surface area contributed by atoms with Crippen molar-refractivity contribution in [3.63, 3.8) is 0 Å². The highest BCUT2D eigenvalue weighted by Crippen LogP contribution is 2.52. The molecule has 1 aliphatic rings. The molecule has 9 rings (SSSR count). The predicted octanol–water partition coefficient (Wildman–Crippen LogP) is 11.8. The Hall–Kier alpha value is -7.39. The van der Waals surface area contributed by atoms with E-state index in [1.807, 2.05) is 24.3 Å². The second kappa shape index (κ2) is 12.1. The molecule has 1 aromatic heterocycles. The number of benzene rings is 7. The number of nitrogens with zero attached hydrogens (tertiary/aromatic N) is 5. The van der Waals surface area contributed by atoms with Crippen molar-refractivity contribution in [3.05, 3.63) is 179 Å². The van der Waals surface area contributed by atoms with Crippen molar-refractivity contribution < 1.29 is 0 Å². The van der Waals surface area contributed by atoms with Gasteiger partial charge in [-0.2, -0.15) is 15.8 Å². The second-order valence-electron chi connectivity index (χ2n) is 13.9. The fraction of sp³-hybridized carbons (Fsp3) is 0.0625. The maximum absolute atomic E-state index is 10.3. The van der Waals surface area contributed by atoms with Crippen LogP contribution < -0.4 is 4.90 Å². The van der Waals surface area contributed by atoms with Gasteiger partial charge in [-0.3, -0.25) is 0 Å². The van der Waals surface area contributed by atoms with Crippen LogP contribution in [0.4, 0.5) is 17.1 Å². The highest BCUT2D eigenvalue weighted by molar-refractivity contribution is 6.09. The third-order valence-corrected chi connectivity index (χ3v) is 10.7. The van der Waals surface area contributed by atoms with E-state index < -0.39 is 0 Å². The van der Waals surface area contributed by atoms with Crippen LogP contribution in [0.5, 0.6) is 0 Å².